The Balaban J connectivity index is 2.42. The Kier molecular flexibility index (Phi) is 8.56. The number of nitrogens with zero attached hydrogens (tertiary/aromatic N) is 1. The fourth-order valence-electron chi connectivity index (χ4n) is 1.90. The molecule has 1 N–H and O–H groups in total. The molecule has 1 rings (SSSR count). The molecule has 1 aromatic heterocycles. The molecular weight excluding hydrogens is 270 g/mol. The van der Waals surface area contributed by atoms with Crippen molar-refractivity contribution < 1.29 is 9.84 Å². The minimum atomic E-state index is -0.490. The first kappa shape index (κ1) is 17.2. The second kappa shape index (κ2) is 9.95. The van der Waals surface area contributed by atoms with Crippen LogP contribution in [0, 0.1) is 18.3 Å². The summed E-state index contributed by atoms with van der Waals surface area (Å²) in [4.78, 5) is 3.61. The minimum absolute atomic E-state index is 0.258. The number of aliphatic hydroxyl groups excluding tert-OH is 1. The molecule has 0 amide bonds. The maximum atomic E-state index is 10.0. The van der Waals surface area contributed by atoms with E-state index < -0.39 is 6.10 Å². The van der Waals surface area contributed by atoms with Crippen LogP contribution in [0.1, 0.15) is 25.1 Å². The number of terminal acetylenes is 1. The van der Waals surface area contributed by atoms with E-state index in [1.54, 1.807) is 11.3 Å². The Hall–Kier alpha value is -0.860. The van der Waals surface area contributed by atoms with Crippen LogP contribution in [0.5, 0.6) is 0 Å². The van der Waals surface area contributed by atoms with Crippen molar-refractivity contribution in [2.24, 2.45) is 5.92 Å². The van der Waals surface area contributed by atoms with Crippen molar-refractivity contribution in [2.75, 3.05) is 26.3 Å². The Morgan fingerprint density at radius 1 is 1.50 bits per heavy atom. The predicted octanol–water partition coefficient (Wildman–Crippen LogP) is 2.61. The van der Waals surface area contributed by atoms with Gasteiger partial charge in [0.1, 0.15) is 6.61 Å². The molecule has 0 aromatic carbocycles. The summed E-state index contributed by atoms with van der Waals surface area (Å²) in [7, 11) is 0. The van der Waals surface area contributed by atoms with E-state index in [0.29, 0.717) is 19.1 Å². The van der Waals surface area contributed by atoms with Gasteiger partial charge in [-0.1, -0.05) is 25.8 Å². The summed E-state index contributed by atoms with van der Waals surface area (Å²) < 4.78 is 5.20. The molecule has 3 nitrogen and oxygen atoms in total. The molecule has 1 aromatic rings. The Morgan fingerprint density at radius 3 is 2.90 bits per heavy atom. The molecule has 0 fully saturated rings. The quantitative estimate of drug-likeness (QED) is 0.532. The molecule has 0 spiro atoms. The summed E-state index contributed by atoms with van der Waals surface area (Å²) in [5, 5.41) is 12.1. The van der Waals surface area contributed by atoms with Crippen LogP contribution >= 0.6 is 11.3 Å². The minimum Gasteiger partial charge on any atom is -0.389 e. The molecule has 0 aliphatic heterocycles. The highest BCUT2D eigenvalue weighted by atomic mass is 32.1. The number of ether oxygens (including phenoxy) is 1. The molecule has 0 saturated carbocycles. The number of aliphatic hydroxyl groups is 1. The zero-order chi connectivity index (χ0) is 14.8. The molecule has 20 heavy (non-hydrogen) atoms. The third-order valence-electron chi connectivity index (χ3n) is 2.95. The van der Waals surface area contributed by atoms with E-state index in [1.165, 1.54) is 4.88 Å². The molecule has 1 heterocycles. The van der Waals surface area contributed by atoms with Gasteiger partial charge in [0.15, 0.2) is 0 Å². The predicted molar refractivity (Wildman–Crippen MR) is 84.7 cm³/mol. The van der Waals surface area contributed by atoms with Gasteiger partial charge in [-0.15, -0.1) is 17.8 Å². The van der Waals surface area contributed by atoms with Crippen LogP contribution in [-0.2, 0) is 11.3 Å². The third kappa shape index (κ3) is 7.66. The van der Waals surface area contributed by atoms with Gasteiger partial charge in [-0.2, -0.15) is 0 Å². The van der Waals surface area contributed by atoms with Crippen LogP contribution in [0.2, 0.25) is 0 Å². The lowest BCUT2D eigenvalue weighted by atomic mass is 10.1. The lowest BCUT2D eigenvalue weighted by Crippen LogP contribution is -2.35. The monoisotopic (exact) mass is 295 g/mol. The summed E-state index contributed by atoms with van der Waals surface area (Å²) in [5.41, 5.74) is 0. The summed E-state index contributed by atoms with van der Waals surface area (Å²) in [5.74, 6) is 3.07. The smallest absolute Gasteiger partial charge is 0.107 e. The highest BCUT2D eigenvalue weighted by molar-refractivity contribution is 7.09. The first-order valence-corrected chi connectivity index (χ1v) is 7.93. The van der Waals surface area contributed by atoms with Crippen molar-refractivity contribution in [2.45, 2.75) is 32.9 Å². The normalized spacial score (nSPS) is 12.8. The number of hydrogen-bond acceptors (Lipinski definition) is 4. The molecule has 0 aliphatic carbocycles. The van der Waals surface area contributed by atoms with Gasteiger partial charge in [0.05, 0.1) is 12.7 Å². The zero-order valence-corrected chi connectivity index (χ0v) is 13.2. The van der Waals surface area contributed by atoms with Crippen molar-refractivity contribution >= 4 is 11.3 Å². The maximum Gasteiger partial charge on any atom is 0.107 e. The summed E-state index contributed by atoms with van der Waals surface area (Å²) in [6.07, 6.45) is 5.76. The van der Waals surface area contributed by atoms with Gasteiger partial charge < -0.3 is 9.84 Å². The van der Waals surface area contributed by atoms with Crippen LogP contribution in [-0.4, -0.2) is 42.4 Å². The van der Waals surface area contributed by atoms with E-state index in [4.69, 9.17) is 11.2 Å². The van der Waals surface area contributed by atoms with Crippen LogP contribution in [0.25, 0.3) is 0 Å². The molecule has 0 aliphatic rings. The molecule has 0 saturated heterocycles. The van der Waals surface area contributed by atoms with E-state index in [2.05, 4.69) is 42.2 Å². The largest absolute Gasteiger partial charge is 0.389 e. The van der Waals surface area contributed by atoms with Crippen LogP contribution in [0.4, 0.5) is 0 Å². The number of thiophene rings is 1. The van der Waals surface area contributed by atoms with E-state index in [-0.39, 0.29) is 6.61 Å². The van der Waals surface area contributed by atoms with Gasteiger partial charge in [-0.05, 0) is 30.3 Å². The number of hydrogen-bond donors (Lipinski definition) is 1. The highest BCUT2D eigenvalue weighted by Gasteiger charge is 2.13. The molecule has 0 bridgehead atoms. The fraction of sp³-hybridized carbons (Fsp3) is 0.625. The number of rotatable bonds is 10. The van der Waals surface area contributed by atoms with E-state index in [0.717, 1.165) is 19.5 Å². The van der Waals surface area contributed by atoms with Gasteiger partial charge in [0.2, 0.25) is 0 Å². The second-order valence-corrected chi connectivity index (χ2v) is 6.40. The average Bonchev–Trinajstić information content (AvgIpc) is 2.89. The van der Waals surface area contributed by atoms with Gasteiger partial charge in [-0.3, -0.25) is 4.90 Å². The van der Waals surface area contributed by atoms with Gasteiger partial charge in [0.25, 0.3) is 0 Å². The lowest BCUT2D eigenvalue weighted by molar-refractivity contribution is 0.0254. The van der Waals surface area contributed by atoms with Crippen LogP contribution in [0.3, 0.4) is 0 Å². The maximum absolute atomic E-state index is 10.0. The molecule has 112 valence electrons. The standard InChI is InChI=1S/C16H25NO2S/c1-4-9-19-13-15(18)11-17(8-7-14(2)3)12-16-6-5-10-20-16/h1,5-6,10,14-15,18H,7-9,11-13H2,2-3H3. The zero-order valence-electron chi connectivity index (χ0n) is 12.4. The van der Waals surface area contributed by atoms with Gasteiger partial charge in [0, 0.05) is 18.0 Å². The Bertz CT molecular complexity index is 384. The van der Waals surface area contributed by atoms with Crippen molar-refractivity contribution in [1.82, 2.24) is 4.90 Å². The third-order valence-corrected chi connectivity index (χ3v) is 3.81. The molecule has 4 heteroatoms. The van der Waals surface area contributed by atoms with E-state index >= 15 is 0 Å². The Morgan fingerprint density at radius 2 is 2.30 bits per heavy atom. The molecular formula is C16H25NO2S. The molecule has 1 atom stereocenters. The molecule has 0 radical (unpaired) electrons. The van der Waals surface area contributed by atoms with Crippen molar-refractivity contribution in [3.8, 4) is 12.3 Å². The average molecular weight is 295 g/mol. The van der Waals surface area contributed by atoms with Crippen molar-refractivity contribution in [3.63, 3.8) is 0 Å². The van der Waals surface area contributed by atoms with Crippen molar-refractivity contribution in [1.29, 1.82) is 0 Å². The second-order valence-electron chi connectivity index (χ2n) is 5.37. The summed E-state index contributed by atoms with van der Waals surface area (Å²) in [6.45, 7) is 7.49. The summed E-state index contributed by atoms with van der Waals surface area (Å²) >= 11 is 1.75. The highest BCUT2D eigenvalue weighted by Crippen LogP contribution is 2.13. The van der Waals surface area contributed by atoms with E-state index in [9.17, 15) is 5.11 Å². The Labute approximate surface area is 126 Å². The topological polar surface area (TPSA) is 32.7 Å². The van der Waals surface area contributed by atoms with E-state index in [1.807, 2.05) is 0 Å². The van der Waals surface area contributed by atoms with Gasteiger partial charge >= 0.3 is 0 Å². The first-order valence-electron chi connectivity index (χ1n) is 7.05. The van der Waals surface area contributed by atoms with Crippen LogP contribution in [0.15, 0.2) is 17.5 Å². The fourth-order valence-corrected chi connectivity index (χ4v) is 2.65. The van der Waals surface area contributed by atoms with Crippen LogP contribution < -0.4 is 0 Å². The van der Waals surface area contributed by atoms with Gasteiger partial charge in [-0.25, -0.2) is 0 Å². The lowest BCUT2D eigenvalue weighted by Gasteiger charge is -2.25. The first-order chi connectivity index (χ1) is 9.61. The SMILES string of the molecule is C#CCOCC(O)CN(CCC(C)C)Cc1cccs1. The molecule has 1 unspecified atom stereocenters. The summed E-state index contributed by atoms with van der Waals surface area (Å²) in [6, 6.07) is 4.20. The van der Waals surface area contributed by atoms with Crippen molar-refractivity contribution in [3.05, 3.63) is 22.4 Å².